The summed E-state index contributed by atoms with van der Waals surface area (Å²) in [5, 5.41) is 10.1. The summed E-state index contributed by atoms with van der Waals surface area (Å²) in [7, 11) is 0. The monoisotopic (exact) mass is 324 g/mol. The molecule has 0 radical (unpaired) electrons. The zero-order valence-corrected chi connectivity index (χ0v) is 12.6. The van der Waals surface area contributed by atoms with Crippen molar-refractivity contribution in [3.8, 4) is 0 Å². The first kappa shape index (κ1) is 15.5. The third-order valence-electron chi connectivity index (χ3n) is 2.98. The van der Waals surface area contributed by atoms with Gasteiger partial charge in [-0.25, -0.2) is 0 Å². The highest BCUT2D eigenvalue weighted by molar-refractivity contribution is 6.35. The number of anilines is 2. The number of benzene rings is 2. The summed E-state index contributed by atoms with van der Waals surface area (Å²) in [6.45, 7) is 0.156. The number of rotatable bonds is 5. The van der Waals surface area contributed by atoms with Gasteiger partial charge >= 0.3 is 5.97 Å². The number of halogens is 2. The maximum absolute atomic E-state index is 11.1. The molecule has 0 aromatic heterocycles. The molecule has 2 aromatic carbocycles. The minimum atomic E-state index is -0.941. The molecule has 3 N–H and O–H groups in total. The van der Waals surface area contributed by atoms with Gasteiger partial charge in [0.25, 0.3) is 0 Å². The van der Waals surface area contributed by atoms with Crippen molar-refractivity contribution in [2.75, 3.05) is 17.2 Å². The molecule has 0 spiro atoms. The van der Waals surface area contributed by atoms with Crippen LogP contribution in [0.3, 0.4) is 0 Å². The highest BCUT2D eigenvalue weighted by Gasteiger charge is 2.15. The van der Waals surface area contributed by atoms with E-state index < -0.39 is 5.97 Å². The Balaban J connectivity index is 2.33. The van der Waals surface area contributed by atoms with Gasteiger partial charge in [-0.05, 0) is 29.8 Å². The van der Waals surface area contributed by atoms with Crippen LogP contribution in [0, 0.1) is 0 Å². The van der Waals surface area contributed by atoms with Crippen molar-refractivity contribution in [1.82, 2.24) is 0 Å². The summed E-state index contributed by atoms with van der Waals surface area (Å²) in [6.07, 6.45) is 0. The number of para-hydroxylation sites is 2. The lowest BCUT2D eigenvalue weighted by molar-refractivity contribution is -0.135. The fourth-order valence-electron chi connectivity index (χ4n) is 2.02. The average Bonchev–Trinajstić information content (AvgIpc) is 2.41. The fraction of sp³-hybridized carbons (Fsp3) is 0.133. The number of nitrogens with two attached hydrogens (primary N) is 1. The topological polar surface area (TPSA) is 66.6 Å². The second kappa shape index (κ2) is 6.70. The van der Waals surface area contributed by atoms with Crippen LogP contribution in [0.15, 0.2) is 42.5 Å². The number of carboxylic acid groups (broad SMARTS) is 1. The van der Waals surface area contributed by atoms with E-state index in [1.807, 2.05) is 6.07 Å². The summed E-state index contributed by atoms with van der Waals surface area (Å²) in [6, 6.07) is 12.2. The molecule has 0 aliphatic carbocycles. The molecule has 2 rings (SSSR count). The van der Waals surface area contributed by atoms with Crippen LogP contribution >= 0.6 is 23.2 Å². The Kier molecular flexibility index (Phi) is 4.94. The summed E-state index contributed by atoms with van der Waals surface area (Å²) >= 11 is 12.0. The Morgan fingerprint density at radius 3 is 2.52 bits per heavy atom. The van der Waals surface area contributed by atoms with Crippen LogP contribution in [-0.2, 0) is 11.3 Å². The molecule has 0 saturated carbocycles. The molecule has 0 unspecified atom stereocenters. The van der Waals surface area contributed by atoms with Crippen molar-refractivity contribution < 1.29 is 9.90 Å². The third-order valence-corrected chi connectivity index (χ3v) is 3.57. The molecular formula is C15H14Cl2N2O2. The van der Waals surface area contributed by atoms with Gasteiger partial charge in [0.1, 0.15) is 6.54 Å². The van der Waals surface area contributed by atoms with E-state index in [1.54, 1.807) is 41.3 Å². The molecule has 2 aromatic rings. The molecule has 0 fully saturated rings. The number of carbonyl (C=O) groups is 1. The zero-order chi connectivity index (χ0) is 15.4. The maximum atomic E-state index is 11.1. The van der Waals surface area contributed by atoms with E-state index in [4.69, 9.17) is 34.0 Å². The zero-order valence-electron chi connectivity index (χ0n) is 11.1. The van der Waals surface area contributed by atoms with Crippen LogP contribution in [0.2, 0.25) is 10.0 Å². The number of carboxylic acids is 1. The molecule has 0 bridgehead atoms. The van der Waals surface area contributed by atoms with Crippen LogP contribution in [0.25, 0.3) is 0 Å². The number of hydrogen-bond acceptors (Lipinski definition) is 3. The van der Waals surface area contributed by atoms with Gasteiger partial charge in [-0.2, -0.15) is 0 Å². The van der Waals surface area contributed by atoms with E-state index in [0.29, 0.717) is 28.0 Å². The molecule has 21 heavy (non-hydrogen) atoms. The highest BCUT2D eigenvalue weighted by Crippen LogP contribution is 2.27. The first-order chi connectivity index (χ1) is 9.97. The number of nitrogens with zero attached hydrogens (tertiary/aromatic N) is 1. The van der Waals surface area contributed by atoms with Gasteiger partial charge in [-0.3, -0.25) is 4.79 Å². The van der Waals surface area contributed by atoms with Crippen molar-refractivity contribution in [1.29, 1.82) is 0 Å². The predicted octanol–water partition coefficient (Wildman–Crippen LogP) is 3.67. The van der Waals surface area contributed by atoms with E-state index in [9.17, 15) is 4.79 Å². The van der Waals surface area contributed by atoms with Gasteiger partial charge in [0.15, 0.2) is 0 Å². The van der Waals surface area contributed by atoms with Crippen LogP contribution in [0.1, 0.15) is 5.56 Å². The highest BCUT2D eigenvalue weighted by atomic mass is 35.5. The summed E-state index contributed by atoms with van der Waals surface area (Å²) in [4.78, 5) is 12.7. The van der Waals surface area contributed by atoms with Gasteiger partial charge in [-0.15, -0.1) is 0 Å². The molecule has 0 amide bonds. The summed E-state index contributed by atoms with van der Waals surface area (Å²) < 4.78 is 0. The standard InChI is InChI=1S/C15H14Cl2N2O2/c16-11-6-5-10(12(17)7-11)8-19(9-15(20)21)14-4-2-1-3-13(14)18/h1-7H,8-9,18H2,(H,20,21). The fourth-order valence-corrected chi connectivity index (χ4v) is 2.49. The molecule has 0 aliphatic heterocycles. The van der Waals surface area contributed by atoms with Crippen molar-refractivity contribution in [2.45, 2.75) is 6.54 Å². The Hall–Kier alpha value is -1.91. The van der Waals surface area contributed by atoms with Crippen molar-refractivity contribution in [3.63, 3.8) is 0 Å². The lowest BCUT2D eigenvalue weighted by Crippen LogP contribution is -2.29. The van der Waals surface area contributed by atoms with E-state index in [0.717, 1.165) is 5.56 Å². The first-order valence-corrected chi connectivity index (χ1v) is 6.98. The molecular weight excluding hydrogens is 311 g/mol. The smallest absolute Gasteiger partial charge is 0.323 e. The largest absolute Gasteiger partial charge is 0.480 e. The molecule has 110 valence electrons. The van der Waals surface area contributed by atoms with Crippen molar-refractivity contribution >= 4 is 40.5 Å². The minimum Gasteiger partial charge on any atom is -0.480 e. The quantitative estimate of drug-likeness (QED) is 0.823. The Labute approximate surface area is 132 Å². The molecule has 0 aliphatic rings. The number of nitrogen functional groups attached to an aromatic ring is 1. The Morgan fingerprint density at radius 2 is 1.90 bits per heavy atom. The van der Waals surface area contributed by atoms with Crippen LogP contribution in [0.4, 0.5) is 11.4 Å². The van der Waals surface area contributed by atoms with Crippen LogP contribution in [-0.4, -0.2) is 17.6 Å². The van der Waals surface area contributed by atoms with E-state index >= 15 is 0 Å². The van der Waals surface area contributed by atoms with Gasteiger partial charge in [-0.1, -0.05) is 41.4 Å². The van der Waals surface area contributed by atoms with Gasteiger partial charge in [0.2, 0.25) is 0 Å². The van der Waals surface area contributed by atoms with Crippen LogP contribution < -0.4 is 10.6 Å². The summed E-state index contributed by atoms with van der Waals surface area (Å²) in [5.74, 6) is -0.941. The second-order valence-electron chi connectivity index (χ2n) is 4.54. The molecule has 0 heterocycles. The van der Waals surface area contributed by atoms with Crippen molar-refractivity contribution in [2.24, 2.45) is 0 Å². The van der Waals surface area contributed by atoms with E-state index in [-0.39, 0.29) is 6.54 Å². The van der Waals surface area contributed by atoms with E-state index in [1.165, 1.54) is 0 Å². The SMILES string of the molecule is Nc1ccccc1N(CC(=O)O)Cc1ccc(Cl)cc1Cl. The first-order valence-electron chi connectivity index (χ1n) is 6.22. The molecule has 0 atom stereocenters. The lowest BCUT2D eigenvalue weighted by Gasteiger charge is -2.25. The normalized spacial score (nSPS) is 10.4. The minimum absolute atomic E-state index is 0.173. The Morgan fingerprint density at radius 1 is 1.19 bits per heavy atom. The van der Waals surface area contributed by atoms with Gasteiger partial charge in [0, 0.05) is 16.6 Å². The molecule has 4 nitrogen and oxygen atoms in total. The number of hydrogen-bond donors (Lipinski definition) is 2. The molecule has 0 saturated heterocycles. The van der Waals surface area contributed by atoms with Gasteiger partial charge in [0.05, 0.1) is 11.4 Å². The lowest BCUT2D eigenvalue weighted by atomic mass is 10.1. The van der Waals surface area contributed by atoms with Crippen molar-refractivity contribution in [3.05, 3.63) is 58.1 Å². The van der Waals surface area contributed by atoms with E-state index in [2.05, 4.69) is 0 Å². The van der Waals surface area contributed by atoms with Gasteiger partial charge < -0.3 is 15.7 Å². The second-order valence-corrected chi connectivity index (χ2v) is 5.39. The van der Waals surface area contributed by atoms with Crippen LogP contribution in [0.5, 0.6) is 0 Å². The maximum Gasteiger partial charge on any atom is 0.323 e. The average molecular weight is 325 g/mol. The number of aliphatic carboxylic acids is 1. The summed E-state index contributed by atoms with van der Waals surface area (Å²) in [5.41, 5.74) is 7.88. The molecule has 6 heteroatoms. The third kappa shape index (κ3) is 4.03. The Bertz CT molecular complexity index is 662. The predicted molar refractivity (Wildman–Crippen MR) is 86.0 cm³/mol.